The maximum Gasteiger partial charge on any atom is 0.266 e. The van der Waals surface area contributed by atoms with E-state index in [9.17, 15) is 14.9 Å². The van der Waals surface area contributed by atoms with E-state index in [1.165, 1.54) is 6.08 Å². The molecule has 1 fully saturated rings. The quantitative estimate of drug-likeness (QED) is 0.503. The van der Waals surface area contributed by atoms with Gasteiger partial charge in [0, 0.05) is 18.8 Å². The number of ether oxygens (including phenoxy) is 2. The average Bonchev–Trinajstić information content (AvgIpc) is 3.33. The highest BCUT2D eigenvalue weighted by molar-refractivity contribution is 6.09. The number of amides is 2. The van der Waals surface area contributed by atoms with Crippen LogP contribution < -0.4 is 14.8 Å². The number of carbonyl (C=O) groups is 2. The average molecular weight is 434 g/mol. The van der Waals surface area contributed by atoms with Crippen molar-refractivity contribution >= 4 is 23.6 Å². The van der Waals surface area contributed by atoms with Gasteiger partial charge in [-0.15, -0.1) is 0 Å². The fraction of sp³-hybridized carbons (Fsp3) is 0.320. The zero-order valence-electron chi connectivity index (χ0n) is 18.4. The summed E-state index contributed by atoms with van der Waals surface area (Å²) in [6.45, 7) is 5.69. The summed E-state index contributed by atoms with van der Waals surface area (Å²) in [5.74, 6) is 0.352. The fourth-order valence-electron chi connectivity index (χ4n) is 3.35. The summed E-state index contributed by atoms with van der Waals surface area (Å²) in [5, 5.41) is 12.2. The molecule has 0 bridgehead atoms. The van der Waals surface area contributed by atoms with Crippen molar-refractivity contribution in [3.05, 3.63) is 59.2 Å². The molecule has 0 radical (unpaired) electrons. The molecule has 1 aliphatic heterocycles. The Bertz CT molecular complexity index is 1030. The molecule has 2 aromatic rings. The Morgan fingerprint density at radius 2 is 1.81 bits per heavy atom. The maximum absolute atomic E-state index is 12.5. The van der Waals surface area contributed by atoms with Gasteiger partial charge in [-0.25, -0.2) is 0 Å². The van der Waals surface area contributed by atoms with Gasteiger partial charge < -0.3 is 19.7 Å². The zero-order chi connectivity index (χ0) is 22.9. The van der Waals surface area contributed by atoms with E-state index >= 15 is 0 Å². The molecule has 2 aromatic carbocycles. The van der Waals surface area contributed by atoms with Gasteiger partial charge in [0.1, 0.15) is 11.6 Å². The predicted molar refractivity (Wildman–Crippen MR) is 122 cm³/mol. The highest BCUT2D eigenvalue weighted by Crippen LogP contribution is 2.29. The van der Waals surface area contributed by atoms with E-state index in [2.05, 4.69) is 5.32 Å². The van der Waals surface area contributed by atoms with Gasteiger partial charge in [0.2, 0.25) is 0 Å². The maximum atomic E-state index is 12.5. The number of likely N-dealkylation sites (tertiary alicyclic amines) is 1. The molecule has 0 spiro atoms. The second-order valence-corrected chi connectivity index (χ2v) is 7.51. The van der Waals surface area contributed by atoms with Crippen molar-refractivity contribution < 1.29 is 19.1 Å². The second-order valence-electron chi connectivity index (χ2n) is 7.51. The molecule has 1 N–H and O–H groups in total. The lowest BCUT2D eigenvalue weighted by Crippen LogP contribution is -2.32. The summed E-state index contributed by atoms with van der Waals surface area (Å²) in [6, 6.07) is 14.4. The minimum absolute atomic E-state index is 0.0362. The Balaban J connectivity index is 1.72. The minimum Gasteiger partial charge on any atom is -0.490 e. The topological polar surface area (TPSA) is 91.7 Å². The van der Waals surface area contributed by atoms with Crippen molar-refractivity contribution in [2.45, 2.75) is 26.7 Å². The van der Waals surface area contributed by atoms with Crippen molar-refractivity contribution in [1.82, 2.24) is 4.90 Å². The van der Waals surface area contributed by atoms with Crippen LogP contribution in [0.15, 0.2) is 48.0 Å². The van der Waals surface area contributed by atoms with Crippen LogP contribution in [0.4, 0.5) is 5.69 Å². The van der Waals surface area contributed by atoms with Crippen molar-refractivity contribution in [1.29, 1.82) is 5.26 Å². The van der Waals surface area contributed by atoms with Crippen LogP contribution in [0.1, 0.15) is 30.9 Å². The van der Waals surface area contributed by atoms with E-state index in [0.717, 1.165) is 31.5 Å². The van der Waals surface area contributed by atoms with Crippen LogP contribution in [-0.2, 0) is 9.59 Å². The van der Waals surface area contributed by atoms with Gasteiger partial charge in [-0.2, -0.15) is 5.26 Å². The molecule has 2 amide bonds. The van der Waals surface area contributed by atoms with Gasteiger partial charge in [0.15, 0.2) is 18.1 Å². The molecule has 3 rings (SSSR count). The van der Waals surface area contributed by atoms with E-state index in [-0.39, 0.29) is 18.1 Å². The van der Waals surface area contributed by atoms with Crippen LogP contribution >= 0.6 is 0 Å². The van der Waals surface area contributed by atoms with E-state index in [0.29, 0.717) is 29.4 Å². The first-order valence-electron chi connectivity index (χ1n) is 10.7. The van der Waals surface area contributed by atoms with Crippen molar-refractivity contribution in [3.8, 4) is 17.6 Å². The van der Waals surface area contributed by atoms with Crippen molar-refractivity contribution in [2.24, 2.45) is 0 Å². The standard InChI is InChI=1S/C25H27N3O4/c1-3-31-23-15-19(8-11-22(23)32-17-24(29)28-12-4-5-13-28)14-20(16-26)25(30)27-21-9-6-18(2)7-10-21/h6-11,14-15H,3-5,12-13,17H2,1-2H3,(H,27,30)/b20-14+. The van der Waals surface area contributed by atoms with Gasteiger partial charge in [0.05, 0.1) is 6.61 Å². The molecule has 0 unspecified atom stereocenters. The molecular weight excluding hydrogens is 406 g/mol. The molecule has 0 aromatic heterocycles. The molecule has 1 saturated heterocycles. The number of benzene rings is 2. The summed E-state index contributed by atoms with van der Waals surface area (Å²) in [4.78, 5) is 26.6. The summed E-state index contributed by atoms with van der Waals surface area (Å²) in [7, 11) is 0. The van der Waals surface area contributed by atoms with Gasteiger partial charge >= 0.3 is 0 Å². The van der Waals surface area contributed by atoms with Crippen LogP contribution in [0.25, 0.3) is 6.08 Å². The normalized spacial score (nSPS) is 13.4. The first-order chi connectivity index (χ1) is 15.5. The van der Waals surface area contributed by atoms with E-state index in [1.807, 2.05) is 32.0 Å². The summed E-state index contributed by atoms with van der Waals surface area (Å²) >= 11 is 0. The molecule has 7 heteroatoms. The van der Waals surface area contributed by atoms with E-state index in [4.69, 9.17) is 9.47 Å². The molecule has 1 heterocycles. The number of carbonyl (C=O) groups excluding carboxylic acids is 2. The fourth-order valence-corrected chi connectivity index (χ4v) is 3.35. The lowest BCUT2D eigenvalue weighted by molar-refractivity contribution is -0.132. The lowest BCUT2D eigenvalue weighted by Gasteiger charge is -2.17. The largest absolute Gasteiger partial charge is 0.490 e. The summed E-state index contributed by atoms with van der Waals surface area (Å²) in [5.41, 5.74) is 2.27. The minimum atomic E-state index is -0.495. The zero-order valence-corrected chi connectivity index (χ0v) is 18.4. The molecule has 166 valence electrons. The third kappa shape index (κ3) is 6.11. The van der Waals surface area contributed by atoms with Gasteiger partial charge in [-0.05, 0) is 62.6 Å². The molecule has 32 heavy (non-hydrogen) atoms. The van der Waals surface area contributed by atoms with E-state index < -0.39 is 5.91 Å². The summed E-state index contributed by atoms with van der Waals surface area (Å²) in [6.07, 6.45) is 3.54. The first kappa shape index (κ1) is 22.9. The first-order valence-corrected chi connectivity index (χ1v) is 10.7. The van der Waals surface area contributed by atoms with Crippen molar-refractivity contribution in [2.75, 3.05) is 31.6 Å². The molecular formula is C25H27N3O4. The van der Waals surface area contributed by atoms with Gasteiger partial charge in [-0.1, -0.05) is 23.8 Å². The van der Waals surface area contributed by atoms with Gasteiger partial charge in [-0.3, -0.25) is 9.59 Å². The number of anilines is 1. The van der Waals surface area contributed by atoms with E-state index in [1.54, 1.807) is 35.2 Å². The van der Waals surface area contributed by atoms with Crippen LogP contribution in [0.3, 0.4) is 0 Å². The number of nitrogens with zero attached hydrogens (tertiary/aromatic N) is 2. The Labute approximate surface area is 188 Å². The van der Waals surface area contributed by atoms with Crippen LogP contribution in [0.5, 0.6) is 11.5 Å². The highest BCUT2D eigenvalue weighted by atomic mass is 16.5. The van der Waals surface area contributed by atoms with Gasteiger partial charge in [0.25, 0.3) is 11.8 Å². The number of nitrogens with one attached hydrogen (secondary N) is 1. The molecule has 1 aliphatic rings. The van der Waals surface area contributed by atoms with Crippen LogP contribution in [0.2, 0.25) is 0 Å². The Kier molecular flexibility index (Phi) is 7.87. The number of rotatable bonds is 8. The Hall–Kier alpha value is -3.79. The summed E-state index contributed by atoms with van der Waals surface area (Å²) < 4.78 is 11.4. The molecule has 7 nitrogen and oxygen atoms in total. The lowest BCUT2D eigenvalue weighted by atomic mass is 10.1. The second kappa shape index (κ2) is 11.0. The van der Waals surface area contributed by atoms with Crippen LogP contribution in [-0.4, -0.2) is 43.0 Å². The highest BCUT2D eigenvalue weighted by Gasteiger charge is 2.19. The Morgan fingerprint density at radius 1 is 1.09 bits per heavy atom. The third-order valence-electron chi connectivity index (χ3n) is 5.06. The molecule has 0 saturated carbocycles. The SMILES string of the molecule is CCOc1cc(/C=C(\C#N)C(=O)Nc2ccc(C)cc2)ccc1OCC(=O)N1CCCC1. The monoisotopic (exact) mass is 433 g/mol. The molecule has 0 atom stereocenters. The van der Waals surface area contributed by atoms with Crippen molar-refractivity contribution in [3.63, 3.8) is 0 Å². The number of nitriles is 1. The predicted octanol–water partition coefficient (Wildman–Crippen LogP) is 3.94. The number of hydrogen-bond donors (Lipinski definition) is 1. The van der Waals surface area contributed by atoms with Crippen LogP contribution in [0, 0.1) is 18.3 Å². The smallest absolute Gasteiger partial charge is 0.266 e. The number of aryl methyl sites for hydroxylation is 1. The molecule has 0 aliphatic carbocycles. The number of hydrogen-bond acceptors (Lipinski definition) is 5. The Morgan fingerprint density at radius 3 is 2.47 bits per heavy atom. The third-order valence-corrected chi connectivity index (χ3v) is 5.06.